The number of nitrogens with one attached hydrogen (secondary N) is 1. The van der Waals surface area contributed by atoms with Crippen LogP contribution in [0.2, 0.25) is 0 Å². The number of fused-ring (bicyclic) bond motifs is 3. The molecule has 0 spiro atoms. The van der Waals surface area contributed by atoms with Crippen LogP contribution in [-0.2, 0) is 4.74 Å². The van der Waals surface area contributed by atoms with E-state index in [0.29, 0.717) is 18.7 Å². The molecule has 0 radical (unpaired) electrons. The number of hydrogen-bond acceptors (Lipinski definition) is 7. The molecule has 5 rings (SSSR count). The smallest absolute Gasteiger partial charge is 0.410 e. The molecule has 8 nitrogen and oxygen atoms in total. The Bertz CT molecular complexity index is 1120. The molecule has 3 heterocycles. The largest absolute Gasteiger partial charge is 0.444 e. The van der Waals surface area contributed by atoms with Crippen LogP contribution in [0.1, 0.15) is 88.1 Å². The van der Waals surface area contributed by atoms with Crippen LogP contribution in [-0.4, -0.2) is 70.4 Å². The Balaban J connectivity index is 1.41. The summed E-state index contributed by atoms with van der Waals surface area (Å²) in [7, 11) is 0. The van der Waals surface area contributed by atoms with Gasteiger partial charge in [0.15, 0.2) is 5.13 Å². The molecule has 3 unspecified atom stereocenters. The summed E-state index contributed by atoms with van der Waals surface area (Å²) >= 11 is 1.61. The first-order valence-corrected chi connectivity index (χ1v) is 14.1. The van der Waals surface area contributed by atoms with Crippen LogP contribution in [0, 0.1) is 0 Å². The minimum Gasteiger partial charge on any atom is -0.444 e. The Morgan fingerprint density at radius 1 is 1.17 bits per heavy atom. The summed E-state index contributed by atoms with van der Waals surface area (Å²) in [5.41, 5.74) is 1.90. The number of rotatable bonds is 5. The molecule has 196 valence electrons. The van der Waals surface area contributed by atoms with Crippen molar-refractivity contribution >= 4 is 38.7 Å². The van der Waals surface area contributed by atoms with Crippen LogP contribution in [0.3, 0.4) is 0 Å². The highest BCUT2D eigenvalue weighted by Crippen LogP contribution is 2.41. The molecule has 3 fully saturated rings. The molecule has 3 aliphatic rings. The molecule has 2 saturated heterocycles. The van der Waals surface area contributed by atoms with E-state index in [-0.39, 0.29) is 42.7 Å². The van der Waals surface area contributed by atoms with Crippen molar-refractivity contribution in [3.63, 3.8) is 0 Å². The van der Waals surface area contributed by atoms with Gasteiger partial charge in [-0.15, -0.1) is 0 Å². The summed E-state index contributed by atoms with van der Waals surface area (Å²) in [6.45, 7) is 8.89. The van der Waals surface area contributed by atoms with Crippen molar-refractivity contribution in [2.45, 2.75) is 95.9 Å². The average molecular weight is 515 g/mol. The minimum atomic E-state index is -0.512. The molecule has 1 saturated carbocycles. The highest BCUT2D eigenvalue weighted by molar-refractivity contribution is 7.22. The average Bonchev–Trinajstić information content (AvgIpc) is 3.54. The van der Waals surface area contributed by atoms with Gasteiger partial charge in [0, 0.05) is 49.3 Å². The fraction of sp³-hybridized carbons (Fsp3) is 0.667. The zero-order chi connectivity index (χ0) is 25.6. The van der Waals surface area contributed by atoms with E-state index in [2.05, 4.69) is 10.2 Å². The number of aromatic nitrogens is 1. The Kier molecular flexibility index (Phi) is 6.89. The Labute approximate surface area is 217 Å². The van der Waals surface area contributed by atoms with E-state index in [9.17, 15) is 14.7 Å². The lowest BCUT2D eigenvalue weighted by molar-refractivity contribution is 0.0209. The number of aliphatic hydroxyl groups is 1. The van der Waals surface area contributed by atoms with E-state index >= 15 is 0 Å². The van der Waals surface area contributed by atoms with Gasteiger partial charge >= 0.3 is 6.09 Å². The summed E-state index contributed by atoms with van der Waals surface area (Å²) in [6.07, 6.45) is 6.17. The zero-order valence-corrected chi connectivity index (χ0v) is 22.6. The van der Waals surface area contributed by atoms with E-state index in [1.165, 1.54) is 12.8 Å². The predicted molar refractivity (Wildman–Crippen MR) is 142 cm³/mol. The number of piperazine rings is 1. The molecule has 2 amide bonds. The third-order valence-electron chi connectivity index (χ3n) is 7.63. The quantitative estimate of drug-likeness (QED) is 0.603. The van der Waals surface area contributed by atoms with Gasteiger partial charge < -0.3 is 25.0 Å². The fourth-order valence-corrected chi connectivity index (χ4v) is 6.97. The van der Waals surface area contributed by atoms with Gasteiger partial charge in [-0.05, 0) is 64.2 Å². The molecule has 2 aromatic rings. The van der Waals surface area contributed by atoms with Gasteiger partial charge in [0.25, 0.3) is 5.91 Å². The highest BCUT2D eigenvalue weighted by Gasteiger charge is 2.43. The molecule has 2 N–H and O–H groups in total. The normalized spacial score (nSPS) is 23.4. The first-order chi connectivity index (χ1) is 17.1. The maximum Gasteiger partial charge on any atom is 0.410 e. The number of benzene rings is 1. The van der Waals surface area contributed by atoms with Crippen LogP contribution < -0.4 is 10.2 Å². The number of thiazole rings is 1. The van der Waals surface area contributed by atoms with E-state index in [0.717, 1.165) is 46.6 Å². The second-order valence-corrected chi connectivity index (χ2v) is 12.6. The number of amides is 2. The number of hydrogen-bond donors (Lipinski definition) is 2. The van der Waals surface area contributed by atoms with Gasteiger partial charge in [-0.3, -0.25) is 4.79 Å². The monoisotopic (exact) mass is 514 g/mol. The van der Waals surface area contributed by atoms with Crippen LogP contribution in [0.15, 0.2) is 12.1 Å². The van der Waals surface area contributed by atoms with Gasteiger partial charge in [0.2, 0.25) is 0 Å². The number of likely N-dealkylation sites (tertiary alicyclic amines) is 1. The second kappa shape index (κ2) is 9.82. The molecule has 1 aromatic heterocycles. The van der Waals surface area contributed by atoms with Crippen LogP contribution in [0.5, 0.6) is 0 Å². The van der Waals surface area contributed by atoms with Crippen LogP contribution >= 0.6 is 11.3 Å². The standard InChI is InChI=1S/C27H38N4O4S/c1-16(15-32)21-11-17(24(33)28-18-7-5-6-8-18)12-22-23(21)29-25(36-22)31-19-9-10-20(31)14-30(13-19)26(34)35-27(2,3)4/h11-12,16,18-20,32H,5-10,13-15H2,1-4H3,(H,28,33). The van der Waals surface area contributed by atoms with Crippen molar-refractivity contribution in [3.05, 3.63) is 23.3 Å². The molecule has 3 atom stereocenters. The van der Waals surface area contributed by atoms with Crippen molar-refractivity contribution in [2.24, 2.45) is 0 Å². The zero-order valence-electron chi connectivity index (χ0n) is 21.7. The van der Waals surface area contributed by atoms with Crippen LogP contribution in [0.4, 0.5) is 9.93 Å². The van der Waals surface area contributed by atoms with Crippen molar-refractivity contribution in [1.82, 2.24) is 15.2 Å². The van der Waals surface area contributed by atoms with Crippen molar-refractivity contribution in [3.8, 4) is 0 Å². The van der Waals surface area contributed by atoms with Gasteiger partial charge in [0.1, 0.15) is 5.60 Å². The molecule has 1 aromatic carbocycles. The number of nitrogens with zero attached hydrogens (tertiary/aromatic N) is 3. The maximum absolute atomic E-state index is 13.1. The molecule has 9 heteroatoms. The molecular formula is C27H38N4O4S. The summed E-state index contributed by atoms with van der Waals surface area (Å²) in [4.78, 5) is 35.0. The van der Waals surface area contributed by atoms with Crippen molar-refractivity contribution in [2.75, 3.05) is 24.6 Å². The van der Waals surface area contributed by atoms with Crippen LogP contribution in [0.25, 0.3) is 10.2 Å². The summed E-state index contributed by atoms with van der Waals surface area (Å²) in [5, 5.41) is 14.1. The first-order valence-electron chi connectivity index (χ1n) is 13.3. The molecule has 2 aliphatic heterocycles. The maximum atomic E-state index is 13.1. The third kappa shape index (κ3) is 5.05. The van der Waals surface area contributed by atoms with E-state index in [4.69, 9.17) is 9.72 Å². The van der Waals surface area contributed by atoms with Gasteiger partial charge in [-0.2, -0.15) is 0 Å². The number of aliphatic hydroxyl groups excluding tert-OH is 1. The molecule has 36 heavy (non-hydrogen) atoms. The van der Waals surface area contributed by atoms with E-state index < -0.39 is 5.60 Å². The summed E-state index contributed by atoms with van der Waals surface area (Å²) in [5.74, 6) is -0.168. The van der Waals surface area contributed by atoms with E-state index in [1.54, 1.807) is 11.3 Å². The predicted octanol–water partition coefficient (Wildman–Crippen LogP) is 4.65. The Hall–Kier alpha value is -2.39. The minimum absolute atomic E-state index is 0.00449. The topological polar surface area (TPSA) is 95.0 Å². The third-order valence-corrected chi connectivity index (χ3v) is 8.64. The SMILES string of the molecule is CC(CO)c1cc(C(=O)NC2CCCC2)cc2sc(N3C4CCC3CN(C(=O)OC(C)(C)C)C4)nc12. The summed E-state index contributed by atoms with van der Waals surface area (Å²) in [6, 6.07) is 4.50. The molecular weight excluding hydrogens is 476 g/mol. The van der Waals surface area contributed by atoms with Crippen molar-refractivity contribution in [1.29, 1.82) is 0 Å². The number of carbonyl (C=O) groups is 2. The Morgan fingerprint density at radius 2 is 1.83 bits per heavy atom. The number of carbonyl (C=O) groups excluding carboxylic acids is 2. The fourth-order valence-electron chi connectivity index (χ4n) is 5.79. The molecule has 2 bridgehead atoms. The second-order valence-electron chi connectivity index (χ2n) is 11.6. The highest BCUT2D eigenvalue weighted by atomic mass is 32.1. The lowest BCUT2D eigenvalue weighted by atomic mass is 9.98. The molecule has 1 aliphatic carbocycles. The van der Waals surface area contributed by atoms with E-state index in [1.807, 2.05) is 44.7 Å². The lowest BCUT2D eigenvalue weighted by Gasteiger charge is -2.41. The van der Waals surface area contributed by atoms with Gasteiger partial charge in [-0.25, -0.2) is 9.78 Å². The van der Waals surface area contributed by atoms with Gasteiger partial charge in [-0.1, -0.05) is 31.1 Å². The Morgan fingerprint density at radius 3 is 2.44 bits per heavy atom. The first kappa shape index (κ1) is 25.3. The lowest BCUT2D eigenvalue weighted by Crippen LogP contribution is -2.56. The van der Waals surface area contributed by atoms with Crippen molar-refractivity contribution < 1.29 is 19.4 Å². The number of anilines is 1. The number of ether oxygens (including phenoxy) is 1. The summed E-state index contributed by atoms with van der Waals surface area (Å²) < 4.78 is 6.59. The van der Waals surface area contributed by atoms with Gasteiger partial charge in [0.05, 0.1) is 10.2 Å².